The fourth-order valence-corrected chi connectivity index (χ4v) is 3.23. The number of azide groups is 1. The highest BCUT2D eigenvalue weighted by Crippen LogP contribution is 2.45. The number of halogens is 1. The van der Waals surface area contributed by atoms with Gasteiger partial charge in [0.25, 0.3) is 0 Å². The second-order valence-corrected chi connectivity index (χ2v) is 6.69. The minimum absolute atomic E-state index is 0.128. The van der Waals surface area contributed by atoms with Crippen molar-refractivity contribution in [3.05, 3.63) is 51.4 Å². The number of carbonyl (C=O) groups excluding carboxylic acids is 2. The van der Waals surface area contributed by atoms with E-state index in [1.165, 1.54) is 0 Å². The first-order valence-electron chi connectivity index (χ1n) is 6.68. The van der Waals surface area contributed by atoms with E-state index in [-0.39, 0.29) is 5.57 Å². The van der Waals surface area contributed by atoms with Gasteiger partial charge in [0.05, 0.1) is 16.4 Å². The summed E-state index contributed by atoms with van der Waals surface area (Å²) in [6.07, 6.45) is 0. The summed E-state index contributed by atoms with van der Waals surface area (Å²) in [5.74, 6) is -0.945. The van der Waals surface area contributed by atoms with Gasteiger partial charge in [-0.2, -0.15) is 0 Å². The summed E-state index contributed by atoms with van der Waals surface area (Å²) in [5, 5.41) is 3.73. The van der Waals surface area contributed by atoms with Gasteiger partial charge in [0, 0.05) is 16.0 Å². The first-order valence-corrected chi connectivity index (χ1v) is 7.60. The number of ketones is 2. The summed E-state index contributed by atoms with van der Waals surface area (Å²) in [7, 11) is 0. The molecule has 0 saturated heterocycles. The van der Waals surface area contributed by atoms with Gasteiger partial charge >= 0.3 is 0 Å². The monoisotopic (exact) mass is 361 g/mol. The van der Waals surface area contributed by atoms with Crippen molar-refractivity contribution >= 4 is 33.3 Å². The van der Waals surface area contributed by atoms with Crippen molar-refractivity contribution in [2.75, 3.05) is 0 Å². The van der Waals surface area contributed by atoms with Gasteiger partial charge in [-0.25, -0.2) is 0 Å². The zero-order chi connectivity index (χ0) is 16.1. The van der Waals surface area contributed by atoms with Gasteiger partial charge in [-0.3, -0.25) is 9.59 Å². The molecule has 22 heavy (non-hydrogen) atoms. The van der Waals surface area contributed by atoms with Gasteiger partial charge in [0.15, 0.2) is 0 Å². The Bertz CT molecular complexity index is 778. The number of carbonyl (C=O) groups is 2. The van der Waals surface area contributed by atoms with Crippen LogP contribution in [0.5, 0.6) is 0 Å². The minimum Gasteiger partial charge on any atom is -0.486 e. The molecular formula is C15H12BrN3O3. The Morgan fingerprint density at radius 2 is 1.86 bits per heavy atom. The van der Waals surface area contributed by atoms with Crippen LogP contribution < -0.4 is 0 Å². The van der Waals surface area contributed by atoms with Gasteiger partial charge in [0.2, 0.25) is 11.6 Å². The first kappa shape index (κ1) is 14.8. The molecule has 0 N–H and O–H groups in total. The topological polar surface area (TPSA) is 92.1 Å². The third kappa shape index (κ3) is 1.97. The van der Waals surface area contributed by atoms with Crippen molar-refractivity contribution in [2.45, 2.75) is 30.3 Å². The molecule has 1 aromatic rings. The number of hydrogen-bond acceptors (Lipinski definition) is 4. The van der Waals surface area contributed by atoms with Crippen LogP contribution in [0.25, 0.3) is 16.2 Å². The zero-order valence-electron chi connectivity index (χ0n) is 11.9. The molecule has 2 atom stereocenters. The molecule has 0 fully saturated rings. The molecule has 2 aliphatic rings. The van der Waals surface area contributed by atoms with E-state index < -0.39 is 28.0 Å². The SMILES string of the molecule is CC1(C)OC2=C(C(=O)C(=O)c3ccccc32)C(N=[N+]=[N-])[C@H]1Br. The molecule has 7 heteroatoms. The Morgan fingerprint density at radius 1 is 1.23 bits per heavy atom. The van der Waals surface area contributed by atoms with Crippen LogP contribution in [0.4, 0.5) is 0 Å². The number of alkyl halides is 1. The van der Waals surface area contributed by atoms with Crippen LogP contribution in [0.15, 0.2) is 35.0 Å². The Kier molecular flexibility index (Phi) is 3.34. The van der Waals surface area contributed by atoms with Crippen LogP contribution in [0.3, 0.4) is 0 Å². The van der Waals surface area contributed by atoms with Crippen molar-refractivity contribution < 1.29 is 14.3 Å². The van der Waals surface area contributed by atoms with E-state index in [4.69, 9.17) is 10.3 Å². The molecule has 1 aliphatic heterocycles. The Labute approximate surface area is 134 Å². The molecule has 112 valence electrons. The summed E-state index contributed by atoms with van der Waals surface area (Å²) in [4.78, 5) is 27.2. The summed E-state index contributed by atoms with van der Waals surface area (Å²) in [6, 6.07) is 5.99. The lowest BCUT2D eigenvalue weighted by Gasteiger charge is -2.42. The highest BCUT2D eigenvalue weighted by molar-refractivity contribution is 9.09. The number of fused-ring (bicyclic) bond motifs is 2. The molecule has 3 rings (SSSR count). The molecule has 0 saturated carbocycles. The average molecular weight is 362 g/mol. The smallest absolute Gasteiger partial charge is 0.234 e. The van der Waals surface area contributed by atoms with E-state index in [0.717, 1.165) is 0 Å². The van der Waals surface area contributed by atoms with Crippen molar-refractivity contribution in [3.8, 4) is 0 Å². The fourth-order valence-electron chi connectivity index (χ4n) is 2.77. The lowest BCUT2D eigenvalue weighted by molar-refractivity contribution is -0.112. The van der Waals surface area contributed by atoms with Crippen molar-refractivity contribution in [1.82, 2.24) is 0 Å². The fraction of sp³-hybridized carbons (Fsp3) is 0.333. The van der Waals surface area contributed by atoms with Crippen molar-refractivity contribution in [2.24, 2.45) is 5.11 Å². The molecule has 0 aromatic heterocycles. The standard InChI is InChI=1S/C15H12BrN3O3/c1-15(2)14(16)10(18-19-17)9-12(21)11(20)7-5-3-4-6-8(7)13(9)22-15/h3-6,10,14H,1-2H3/t10?,14-/m1/s1. The second-order valence-electron chi connectivity index (χ2n) is 5.70. The van der Waals surface area contributed by atoms with Gasteiger partial charge in [-0.05, 0) is 19.4 Å². The van der Waals surface area contributed by atoms with Crippen LogP contribution in [0, 0.1) is 0 Å². The largest absolute Gasteiger partial charge is 0.486 e. The van der Waals surface area contributed by atoms with E-state index in [0.29, 0.717) is 16.9 Å². The molecular weight excluding hydrogens is 350 g/mol. The number of hydrogen-bond donors (Lipinski definition) is 0. The van der Waals surface area contributed by atoms with Crippen LogP contribution in [0.1, 0.15) is 29.8 Å². The summed E-state index contributed by atoms with van der Waals surface area (Å²) < 4.78 is 5.99. The molecule has 0 amide bonds. The summed E-state index contributed by atoms with van der Waals surface area (Å²) in [5.41, 5.74) is 9.12. The van der Waals surface area contributed by atoms with E-state index in [1.807, 2.05) is 13.8 Å². The molecule has 6 nitrogen and oxygen atoms in total. The highest BCUT2D eigenvalue weighted by atomic mass is 79.9. The molecule has 0 radical (unpaired) electrons. The predicted octanol–water partition coefficient (Wildman–Crippen LogP) is 3.41. The van der Waals surface area contributed by atoms with Gasteiger partial charge in [-0.15, -0.1) is 0 Å². The zero-order valence-corrected chi connectivity index (χ0v) is 13.5. The van der Waals surface area contributed by atoms with Gasteiger partial charge in [-0.1, -0.05) is 45.3 Å². The molecule has 1 aromatic carbocycles. The molecule has 1 heterocycles. The molecule has 1 unspecified atom stereocenters. The molecule has 0 bridgehead atoms. The molecule has 0 spiro atoms. The third-order valence-electron chi connectivity index (χ3n) is 3.89. The number of benzene rings is 1. The minimum atomic E-state index is -0.798. The highest BCUT2D eigenvalue weighted by Gasteiger charge is 2.49. The third-order valence-corrected chi connectivity index (χ3v) is 5.49. The normalized spacial score (nSPS) is 25.8. The maximum atomic E-state index is 12.5. The van der Waals surface area contributed by atoms with Crippen LogP contribution in [-0.4, -0.2) is 28.0 Å². The summed E-state index contributed by atoms with van der Waals surface area (Å²) in [6.45, 7) is 3.67. The maximum absolute atomic E-state index is 12.5. The van der Waals surface area contributed by atoms with Gasteiger partial charge in [0.1, 0.15) is 11.4 Å². The Hall–Kier alpha value is -2.11. The summed E-state index contributed by atoms with van der Waals surface area (Å²) >= 11 is 3.44. The second kappa shape index (κ2) is 4.97. The van der Waals surface area contributed by atoms with Gasteiger partial charge < -0.3 is 4.74 Å². The Balaban J connectivity index is 2.33. The van der Waals surface area contributed by atoms with Crippen LogP contribution >= 0.6 is 15.9 Å². The number of rotatable bonds is 1. The van der Waals surface area contributed by atoms with Crippen molar-refractivity contribution in [1.29, 1.82) is 0 Å². The number of ether oxygens (including phenoxy) is 1. The van der Waals surface area contributed by atoms with E-state index in [1.54, 1.807) is 24.3 Å². The molecule has 1 aliphatic carbocycles. The Morgan fingerprint density at radius 3 is 2.50 bits per heavy atom. The lowest BCUT2D eigenvalue weighted by Crippen LogP contribution is -2.49. The lowest BCUT2D eigenvalue weighted by atomic mass is 9.80. The van der Waals surface area contributed by atoms with Crippen LogP contribution in [-0.2, 0) is 9.53 Å². The first-order chi connectivity index (χ1) is 10.4. The quantitative estimate of drug-likeness (QED) is 0.252. The number of nitrogens with zero attached hydrogens (tertiary/aromatic N) is 3. The number of Topliss-reactive ketones (excluding diaryl/α,β-unsaturated/α-hetero) is 2. The van der Waals surface area contributed by atoms with E-state index in [9.17, 15) is 9.59 Å². The van der Waals surface area contributed by atoms with Crippen LogP contribution in [0.2, 0.25) is 0 Å². The van der Waals surface area contributed by atoms with E-state index in [2.05, 4.69) is 26.0 Å². The average Bonchev–Trinajstić information content (AvgIpc) is 2.49. The maximum Gasteiger partial charge on any atom is 0.234 e. The predicted molar refractivity (Wildman–Crippen MR) is 83.5 cm³/mol. The van der Waals surface area contributed by atoms with Crippen molar-refractivity contribution in [3.63, 3.8) is 0 Å². The van der Waals surface area contributed by atoms with E-state index >= 15 is 0 Å².